The number of halogens is 1. The molecule has 0 bridgehead atoms. The van der Waals surface area contributed by atoms with Crippen LogP contribution >= 0.6 is 11.6 Å². The number of aryl methyl sites for hydroxylation is 1. The number of hydrogen-bond acceptors (Lipinski definition) is 2. The molecule has 1 aromatic carbocycles. The Morgan fingerprint density at radius 1 is 1.38 bits per heavy atom. The number of benzene rings is 1. The number of imidazole rings is 1. The lowest BCUT2D eigenvalue weighted by atomic mass is 9.84. The third-order valence-electron chi connectivity index (χ3n) is 4.08. The van der Waals surface area contributed by atoms with E-state index in [1.54, 1.807) is 6.20 Å². The molecular formula is C16H18ClN3O. The maximum Gasteiger partial charge on any atom is 0.223 e. The van der Waals surface area contributed by atoms with Crippen molar-refractivity contribution in [3.05, 3.63) is 53.1 Å². The molecule has 5 heteroatoms. The Balaban J connectivity index is 1.89. The van der Waals surface area contributed by atoms with Gasteiger partial charge in [0.15, 0.2) is 0 Å². The number of rotatable bonds is 4. The van der Waals surface area contributed by atoms with E-state index in [9.17, 15) is 4.79 Å². The molecule has 1 amide bonds. The van der Waals surface area contributed by atoms with Gasteiger partial charge in [-0.25, -0.2) is 4.98 Å². The predicted molar refractivity (Wildman–Crippen MR) is 82.0 cm³/mol. The number of carbonyl (C=O) groups excluding carboxylic acids is 1. The highest BCUT2D eigenvalue weighted by Crippen LogP contribution is 2.29. The summed E-state index contributed by atoms with van der Waals surface area (Å²) in [6.07, 6.45) is 6.74. The molecule has 110 valence electrons. The SMILES string of the molecule is Cn1ccnc1[C@@H](NC(=O)C1CCC1)c1ccc(Cl)cc1. The Labute approximate surface area is 129 Å². The molecule has 4 nitrogen and oxygen atoms in total. The van der Waals surface area contributed by atoms with Crippen LogP contribution in [-0.4, -0.2) is 15.5 Å². The number of amides is 1. The van der Waals surface area contributed by atoms with E-state index in [0.717, 1.165) is 30.7 Å². The van der Waals surface area contributed by atoms with E-state index in [4.69, 9.17) is 11.6 Å². The van der Waals surface area contributed by atoms with E-state index < -0.39 is 0 Å². The largest absolute Gasteiger partial charge is 0.342 e. The smallest absolute Gasteiger partial charge is 0.223 e. The first-order chi connectivity index (χ1) is 10.1. The van der Waals surface area contributed by atoms with Gasteiger partial charge >= 0.3 is 0 Å². The van der Waals surface area contributed by atoms with Gasteiger partial charge in [-0.15, -0.1) is 0 Å². The fraction of sp³-hybridized carbons (Fsp3) is 0.375. The molecule has 1 aromatic heterocycles. The van der Waals surface area contributed by atoms with Crippen molar-refractivity contribution in [3.63, 3.8) is 0 Å². The lowest BCUT2D eigenvalue weighted by molar-refractivity contribution is -0.127. The second kappa shape index (κ2) is 5.90. The van der Waals surface area contributed by atoms with E-state index in [1.807, 2.05) is 42.1 Å². The normalized spacial score (nSPS) is 16.3. The highest BCUT2D eigenvalue weighted by molar-refractivity contribution is 6.30. The van der Waals surface area contributed by atoms with Crippen LogP contribution in [0.2, 0.25) is 5.02 Å². The fourth-order valence-electron chi connectivity index (χ4n) is 2.54. The summed E-state index contributed by atoms with van der Waals surface area (Å²) >= 11 is 5.95. The van der Waals surface area contributed by atoms with Crippen LogP contribution in [0.25, 0.3) is 0 Å². The first kappa shape index (κ1) is 14.1. The van der Waals surface area contributed by atoms with Crippen LogP contribution in [0.15, 0.2) is 36.7 Å². The van der Waals surface area contributed by atoms with Gasteiger partial charge in [0.2, 0.25) is 5.91 Å². The molecule has 1 aliphatic carbocycles. The topological polar surface area (TPSA) is 46.9 Å². The quantitative estimate of drug-likeness (QED) is 0.943. The van der Waals surface area contributed by atoms with E-state index in [1.165, 1.54) is 0 Å². The average molecular weight is 304 g/mol. The minimum atomic E-state index is -0.240. The summed E-state index contributed by atoms with van der Waals surface area (Å²) in [6.45, 7) is 0. The Hall–Kier alpha value is -1.81. The summed E-state index contributed by atoms with van der Waals surface area (Å²) in [5.74, 6) is 1.09. The summed E-state index contributed by atoms with van der Waals surface area (Å²) in [6, 6.07) is 7.30. The average Bonchev–Trinajstić information content (AvgIpc) is 2.81. The molecule has 0 radical (unpaired) electrons. The molecule has 0 spiro atoms. The van der Waals surface area contributed by atoms with Crippen molar-refractivity contribution in [2.45, 2.75) is 25.3 Å². The molecule has 21 heavy (non-hydrogen) atoms. The van der Waals surface area contributed by atoms with Gasteiger partial charge in [-0.1, -0.05) is 30.2 Å². The van der Waals surface area contributed by atoms with Crippen LogP contribution in [0.4, 0.5) is 0 Å². The third-order valence-corrected chi connectivity index (χ3v) is 4.33. The van der Waals surface area contributed by atoms with E-state index in [0.29, 0.717) is 5.02 Å². The molecule has 1 heterocycles. The standard InChI is InChI=1S/C16H18ClN3O/c1-20-10-9-18-15(20)14(11-5-7-13(17)8-6-11)19-16(21)12-3-2-4-12/h5-10,12,14H,2-4H2,1H3,(H,19,21)/t14-/m0/s1. The number of nitrogens with one attached hydrogen (secondary N) is 1. The van der Waals surface area contributed by atoms with Crippen molar-refractivity contribution >= 4 is 17.5 Å². The zero-order valence-corrected chi connectivity index (χ0v) is 12.7. The highest BCUT2D eigenvalue weighted by atomic mass is 35.5. The molecule has 1 fully saturated rings. The van der Waals surface area contributed by atoms with E-state index >= 15 is 0 Å². The first-order valence-electron chi connectivity index (χ1n) is 7.18. The minimum absolute atomic E-state index is 0.115. The van der Waals surface area contributed by atoms with Crippen molar-refractivity contribution in [2.24, 2.45) is 13.0 Å². The van der Waals surface area contributed by atoms with Crippen LogP contribution in [0.5, 0.6) is 0 Å². The second-order valence-corrected chi connectivity index (χ2v) is 5.95. The van der Waals surface area contributed by atoms with Crippen LogP contribution < -0.4 is 5.32 Å². The Morgan fingerprint density at radius 2 is 2.10 bits per heavy atom. The minimum Gasteiger partial charge on any atom is -0.342 e. The molecule has 1 N–H and O–H groups in total. The lowest BCUT2D eigenvalue weighted by Gasteiger charge is -2.27. The second-order valence-electron chi connectivity index (χ2n) is 5.52. The predicted octanol–water partition coefficient (Wildman–Crippen LogP) is 3.08. The third kappa shape index (κ3) is 2.95. The van der Waals surface area contributed by atoms with Gasteiger partial charge in [0, 0.05) is 30.4 Å². The van der Waals surface area contributed by atoms with Gasteiger partial charge in [0.05, 0.1) is 0 Å². The summed E-state index contributed by atoms with van der Waals surface area (Å²) in [7, 11) is 1.93. The lowest BCUT2D eigenvalue weighted by Crippen LogP contribution is -2.38. The maximum atomic E-state index is 12.3. The fourth-order valence-corrected chi connectivity index (χ4v) is 2.66. The maximum absolute atomic E-state index is 12.3. The highest BCUT2D eigenvalue weighted by Gasteiger charge is 2.29. The van der Waals surface area contributed by atoms with Gasteiger partial charge in [0.25, 0.3) is 0 Å². The molecular weight excluding hydrogens is 286 g/mol. The van der Waals surface area contributed by atoms with E-state index in [2.05, 4.69) is 10.3 Å². The molecule has 3 rings (SSSR count). The molecule has 1 aliphatic rings. The van der Waals surface area contributed by atoms with Crippen LogP contribution in [0.1, 0.15) is 36.7 Å². The van der Waals surface area contributed by atoms with Crippen molar-refractivity contribution in [3.8, 4) is 0 Å². The Kier molecular flexibility index (Phi) is 3.97. The summed E-state index contributed by atoms with van der Waals surface area (Å²) < 4.78 is 1.93. The van der Waals surface area contributed by atoms with Gasteiger partial charge in [-0.2, -0.15) is 0 Å². The summed E-state index contributed by atoms with van der Waals surface area (Å²) in [5.41, 5.74) is 0.987. The van der Waals surface area contributed by atoms with Crippen molar-refractivity contribution in [1.29, 1.82) is 0 Å². The van der Waals surface area contributed by atoms with Gasteiger partial charge in [-0.3, -0.25) is 4.79 Å². The molecule has 0 aliphatic heterocycles. The zero-order valence-electron chi connectivity index (χ0n) is 11.9. The van der Waals surface area contributed by atoms with Gasteiger partial charge in [0.1, 0.15) is 11.9 Å². The first-order valence-corrected chi connectivity index (χ1v) is 7.56. The van der Waals surface area contributed by atoms with Crippen molar-refractivity contribution < 1.29 is 4.79 Å². The summed E-state index contributed by atoms with van der Waals surface area (Å²) in [4.78, 5) is 16.7. The molecule has 2 aromatic rings. The zero-order chi connectivity index (χ0) is 14.8. The Bertz CT molecular complexity index is 631. The molecule has 1 saturated carbocycles. The molecule has 0 unspecified atom stereocenters. The van der Waals surface area contributed by atoms with Crippen LogP contribution in [0.3, 0.4) is 0 Å². The van der Waals surface area contributed by atoms with E-state index in [-0.39, 0.29) is 17.9 Å². The summed E-state index contributed by atoms with van der Waals surface area (Å²) in [5, 5.41) is 3.82. The van der Waals surface area contributed by atoms with Crippen LogP contribution in [0, 0.1) is 5.92 Å². The number of carbonyl (C=O) groups is 1. The van der Waals surface area contributed by atoms with Gasteiger partial charge < -0.3 is 9.88 Å². The number of nitrogens with zero attached hydrogens (tertiary/aromatic N) is 2. The van der Waals surface area contributed by atoms with Gasteiger partial charge in [-0.05, 0) is 30.5 Å². The van der Waals surface area contributed by atoms with Crippen LogP contribution in [-0.2, 0) is 11.8 Å². The number of hydrogen-bond donors (Lipinski definition) is 1. The number of aromatic nitrogens is 2. The Morgan fingerprint density at radius 3 is 2.62 bits per heavy atom. The monoisotopic (exact) mass is 303 g/mol. The van der Waals surface area contributed by atoms with Crippen molar-refractivity contribution in [2.75, 3.05) is 0 Å². The molecule has 1 atom stereocenters. The molecule has 0 saturated heterocycles. The van der Waals surface area contributed by atoms with Crippen molar-refractivity contribution in [1.82, 2.24) is 14.9 Å².